The lowest BCUT2D eigenvalue weighted by Gasteiger charge is -2.33. The fourth-order valence-corrected chi connectivity index (χ4v) is 4.50. The molecule has 2 rings (SSSR count). The van der Waals surface area contributed by atoms with Gasteiger partial charge in [-0.05, 0) is 63.9 Å². The SMILES string of the molecule is COc1ccc(C)cc1N(CC(=O)N(Cc1ccccc1Cl)[C@H](C)C(=O)NC(C)(C)C)S(C)(=O)=O. The molecule has 1 N–H and O–H groups in total. The molecule has 0 heterocycles. The number of hydrogen-bond acceptors (Lipinski definition) is 5. The van der Waals surface area contributed by atoms with E-state index in [1.807, 2.05) is 27.7 Å². The number of hydrogen-bond donors (Lipinski definition) is 1. The number of amides is 2. The highest BCUT2D eigenvalue weighted by molar-refractivity contribution is 7.92. The number of anilines is 1. The van der Waals surface area contributed by atoms with Gasteiger partial charge in [0, 0.05) is 17.1 Å². The van der Waals surface area contributed by atoms with E-state index in [9.17, 15) is 18.0 Å². The fourth-order valence-electron chi connectivity index (χ4n) is 3.46. The summed E-state index contributed by atoms with van der Waals surface area (Å²) in [6.07, 6.45) is 1.02. The number of methoxy groups -OCH3 is 1. The summed E-state index contributed by atoms with van der Waals surface area (Å²) < 4.78 is 31.9. The number of nitrogens with one attached hydrogen (secondary N) is 1. The molecule has 0 saturated heterocycles. The summed E-state index contributed by atoms with van der Waals surface area (Å²) >= 11 is 6.33. The third kappa shape index (κ3) is 7.86. The second-order valence-electron chi connectivity index (χ2n) is 9.47. The molecule has 8 nitrogen and oxygen atoms in total. The minimum atomic E-state index is -3.87. The molecule has 0 saturated carbocycles. The molecular formula is C25H34ClN3O5S. The molecule has 2 aromatic rings. The zero-order valence-corrected chi connectivity index (χ0v) is 22.8. The van der Waals surface area contributed by atoms with Gasteiger partial charge in [0.2, 0.25) is 21.8 Å². The van der Waals surface area contributed by atoms with Crippen molar-refractivity contribution in [1.29, 1.82) is 0 Å². The smallest absolute Gasteiger partial charge is 0.244 e. The standard InChI is InChI=1S/C25H34ClN3O5S/c1-17-12-13-22(34-6)21(14-17)29(35(7,32)33)16-23(30)28(15-19-10-8-9-11-20(19)26)18(2)24(31)27-25(3,4)5/h8-14,18H,15-16H2,1-7H3,(H,27,31)/t18-/m1/s1. The van der Waals surface area contributed by atoms with Crippen LogP contribution in [0.2, 0.25) is 5.02 Å². The van der Waals surface area contributed by atoms with Crippen molar-refractivity contribution in [2.45, 2.75) is 52.7 Å². The third-order valence-corrected chi connectivity index (χ3v) is 6.74. The molecule has 10 heteroatoms. The summed E-state index contributed by atoms with van der Waals surface area (Å²) in [6.45, 7) is 8.45. The molecule has 2 amide bonds. The van der Waals surface area contributed by atoms with E-state index in [1.54, 1.807) is 49.4 Å². The van der Waals surface area contributed by atoms with Gasteiger partial charge in [0.05, 0.1) is 19.1 Å². The molecule has 0 aromatic heterocycles. The maximum atomic E-state index is 13.6. The van der Waals surface area contributed by atoms with E-state index in [0.29, 0.717) is 16.3 Å². The summed E-state index contributed by atoms with van der Waals surface area (Å²) in [5.74, 6) is -0.614. The number of sulfonamides is 1. The number of aryl methyl sites for hydroxylation is 1. The second-order valence-corrected chi connectivity index (χ2v) is 11.8. The highest BCUT2D eigenvalue weighted by Crippen LogP contribution is 2.31. The highest BCUT2D eigenvalue weighted by atomic mass is 35.5. The Morgan fingerprint density at radius 1 is 1.14 bits per heavy atom. The normalized spacial score (nSPS) is 12.6. The van der Waals surface area contributed by atoms with Crippen molar-refractivity contribution >= 4 is 39.1 Å². The number of ether oxygens (including phenoxy) is 1. The Bertz CT molecular complexity index is 1180. The number of nitrogens with zero attached hydrogens (tertiary/aromatic N) is 2. The first-order chi connectivity index (χ1) is 16.1. The first-order valence-corrected chi connectivity index (χ1v) is 13.3. The van der Waals surface area contributed by atoms with Crippen molar-refractivity contribution in [1.82, 2.24) is 10.2 Å². The molecule has 192 valence electrons. The van der Waals surface area contributed by atoms with E-state index in [-0.39, 0.29) is 18.1 Å². The largest absolute Gasteiger partial charge is 0.495 e. The summed E-state index contributed by atoms with van der Waals surface area (Å²) in [5, 5.41) is 3.32. The molecule has 0 spiro atoms. The first-order valence-electron chi connectivity index (χ1n) is 11.1. The summed E-state index contributed by atoms with van der Waals surface area (Å²) in [4.78, 5) is 28.0. The van der Waals surface area contributed by atoms with Gasteiger partial charge >= 0.3 is 0 Å². The van der Waals surface area contributed by atoms with Gasteiger partial charge in [-0.1, -0.05) is 35.9 Å². The predicted molar refractivity (Wildman–Crippen MR) is 139 cm³/mol. The van der Waals surface area contributed by atoms with Crippen LogP contribution in [0.5, 0.6) is 5.75 Å². The lowest BCUT2D eigenvalue weighted by atomic mass is 10.1. The Hall–Kier alpha value is -2.78. The van der Waals surface area contributed by atoms with Gasteiger partial charge in [0.25, 0.3) is 0 Å². The topological polar surface area (TPSA) is 96.0 Å². The maximum absolute atomic E-state index is 13.6. The van der Waals surface area contributed by atoms with Gasteiger partial charge in [-0.3, -0.25) is 13.9 Å². The molecule has 0 aliphatic heterocycles. The van der Waals surface area contributed by atoms with Crippen LogP contribution in [0.25, 0.3) is 0 Å². The number of benzene rings is 2. The molecule has 0 radical (unpaired) electrons. The van der Waals surface area contributed by atoms with Crippen LogP contribution < -0.4 is 14.4 Å². The average molecular weight is 524 g/mol. The minimum Gasteiger partial charge on any atom is -0.495 e. The third-order valence-electron chi connectivity index (χ3n) is 5.25. The molecule has 0 bridgehead atoms. The van der Waals surface area contributed by atoms with Crippen molar-refractivity contribution in [2.75, 3.05) is 24.2 Å². The summed E-state index contributed by atoms with van der Waals surface area (Å²) in [5.41, 5.74) is 1.16. The molecule has 0 aliphatic rings. The molecule has 35 heavy (non-hydrogen) atoms. The summed E-state index contributed by atoms with van der Waals surface area (Å²) in [7, 11) is -2.44. The van der Waals surface area contributed by atoms with Crippen molar-refractivity contribution in [3.63, 3.8) is 0 Å². The van der Waals surface area contributed by atoms with Crippen LogP contribution in [-0.4, -0.2) is 56.6 Å². The van der Waals surface area contributed by atoms with E-state index >= 15 is 0 Å². The molecule has 0 aliphatic carbocycles. The van der Waals surface area contributed by atoms with Crippen molar-refractivity contribution in [2.24, 2.45) is 0 Å². The van der Waals surface area contributed by atoms with Crippen LogP contribution in [0.3, 0.4) is 0 Å². The van der Waals surface area contributed by atoms with Crippen LogP contribution in [0.1, 0.15) is 38.8 Å². The van der Waals surface area contributed by atoms with Crippen LogP contribution in [0, 0.1) is 6.92 Å². The maximum Gasteiger partial charge on any atom is 0.244 e. The Balaban J connectivity index is 2.49. The monoisotopic (exact) mass is 523 g/mol. The van der Waals surface area contributed by atoms with E-state index in [4.69, 9.17) is 16.3 Å². The van der Waals surface area contributed by atoms with E-state index in [1.165, 1.54) is 12.0 Å². The minimum absolute atomic E-state index is 0.0276. The molecule has 2 aromatic carbocycles. The van der Waals surface area contributed by atoms with Crippen LogP contribution >= 0.6 is 11.6 Å². The van der Waals surface area contributed by atoms with Crippen molar-refractivity contribution in [3.8, 4) is 5.75 Å². The lowest BCUT2D eigenvalue weighted by Crippen LogP contribution is -2.54. The Morgan fingerprint density at radius 3 is 2.31 bits per heavy atom. The number of halogens is 1. The zero-order chi connectivity index (χ0) is 26.6. The fraction of sp³-hybridized carbons (Fsp3) is 0.440. The average Bonchev–Trinajstić information content (AvgIpc) is 2.74. The van der Waals surface area contributed by atoms with Crippen molar-refractivity contribution in [3.05, 3.63) is 58.6 Å². The van der Waals surface area contributed by atoms with Gasteiger partial charge < -0.3 is 15.0 Å². The first kappa shape index (κ1) is 28.5. The Labute approximate surface area is 213 Å². The van der Waals surface area contributed by atoms with Crippen LogP contribution in [0.4, 0.5) is 5.69 Å². The second kappa shape index (κ2) is 11.3. The summed E-state index contributed by atoms with van der Waals surface area (Å²) in [6, 6.07) is 11.2. The molecular weight excluding hydrogens is 490 g/mol. The lowest BCUT2D eigenvalue weighted by molar-refractivity contribution is -0.140. The van der Waals surface area contributed by atoms with Crippen molar-refractivity contribution < 1.29 is 22.7 Å². The Morgan fingerprint density at radius 2 is 1.77 bits per heavy atom. The van der Waals surface area contributed by atoms with Gasteiger partial charge in [0.1, 0.15) is 18.3 Å². The number of carbonyl (C=O) groups is 2. The quantitative estimate of drug-likeness (QED) is 0.540. The van der Waals surface area contributed by atoms with Gasteiger partial charge in [-0.25, -0.2) is 8.42 Å². The Kier molecular flexibility index (Phi) is 9.19. The molecule has 0 fully saturated rings. The molecule has 1 atom stereocenters. The van der Waals surface area contributed by atoms with E-state index < -0.39 is 34.1 Å². The van der Waals surface area contributed by atoms with Gasteiger partial charge in [-0.2, -0.15) is 0 Å². The van der Waals surface area contributed by atoms with Gasteiger partial charge in [-0.15, -0.1) is 0 Å². The zero-order valence-electron chi connectivity index (χ0n) is 21.3. The predicted octanol–water partition coefficient (Wildman–Crippen LogP) is 3.76. The van der Waals surface area contributed by atoms with Crippen LogP contribution in [-0.2, 0) is 26.2 Å². The molecule has 0 unspecified atom stereocenters. The van der Waals surface area contributed by atoms with E-state index in [0.717, 1.165) is 16.1 Å². The van der Waals surface area contributed by atoms with Gasteiger partial charge in [0.15, 0.2) is 0 Å². The number of carbonyl (C=O) groups excluding carboxylic acids is 2. The highest BCUT2D eigenvalue weighted by Gasteiger charge is 2.32. The van der Waals surface area contributed by atoms with E-state index in [2.05, 4.69) is 5.32 Å². The van der Waals surface area contributed by atoms with Crippen LogP contribution in [0.15, 0.2) is 42.5 Å². The number of rotatable bonds is 9.